The molecule has 0 saturated carbocycles. The fraction of sp³-hybridized carbons (Fsp3) is 0.273. The lowest BCUT2D eigenvalue weighted by atomic mass is 10.4. The Labute approximate surface area is 107 Å². The van der Waals surface area contributed by atoms with E-state index in [1.165, 1.54) is 0 Å². The topological polar surface area (TPSA) is 55.6 Å². The molecular formula is C11H12BrN3O2. The number of fused-ring (bicyclic) bond motifs is 1. The van der Waals surface area contributed by atoms with Crippen molar-refractivity contribution in [3.05, 3.63) is 29.0 Å². The highest BCUT2D eigenvalue weighted by atomic mass is 79.9. The Morgan fingerprint density at radius 2 is 2.47 bits per heavy atom. The van der Waals surface area contributed by atoms with Crippen LogP contribution in [0.4, 0.5) is 5.82 Å². The number of hydrogen-bond donors (Lipinski definition) is 1. The van der Waals surface area contributed by atoms with Crippen LogP contribution >= 0.6 is 15.9 Å². The number of aromatic nitrogens is 2. The molecule has 0 saturated heterocycles. The zero-order valence-electron chi connectivity index (χ0n) is 9.31. The largest absolute Gasteiger partial charge is 0.384 e. The molecule has 0 unspecified atom stereocenters. The molecule has 1 amide bonds. The minimum atomic E-state index is -0.0892. The number of amides is 1. The SMILES string of the molecule is COCCC(=O)Nc1cnc2c(Br)cccn12. The Kier molecular flexibility index (Phi) is 3.75. The summed E-state index contributed by atoms with van der Waals surface area (Å²) in [4.78, 5) is 15.8. The van der Waals surface area contributed by atoms with Gasteiger partial charge in [-0.2, -0.15) is 0 Å². The highest BCUT2D eigenvalue weighted by molar-refractivity contribution is 9.10. The summed E-state index contributed by atoms with van der Waals surface area (Å²) < 4.78 is 7.55. The molecule has 0 spiro atoms. The van der Waals surface area contributed by atoms with Crippen molar-refractivity contribution >= 4 is 33.3 Å². The third kappa shape index (κ3) is 2.65. The zero-order valence-corrected chi connectivity index (χ0v) is 10.9. The second kappa shape index (κ2) is 5.29. The molecule has 0 aliphatic rings. The summed E-state index contributed by atoms with van der Waals surface area (Å²) in [5.41, 5.74) is 0.773. The van der Waals surface area contributed by atoms with E-state index in [9.17, 15) is 4.79 Å². The van der Waals surface area contributed by atoms with Crippen molar-refractivity contribution < 1.29 is 9.53 Å². The van der Waals surface area contributed by atoms with Crippen LogP contribution in [0.3, 0.4) is 0 Å². The molecule has 0 atom stereocenters. The van der Waals surface area contributed by atoms with Crippen molar-refractivity contribution in [2.24, 2.45) is 0 Å². The third-order valence-electron chi connectivity index (χ3n) is 2.29. The molecule has 0 aromatic carbocycles. The van der Waals surface area contributed by atoms with Gasteiger partial charge >= 0.3 is 0 Å². The van der Waals surface area contributed by atoms with Crippen LogP contribution in [0.15, 0.2) is 29.0 Å². The van der Waals surface area contributed by atoms with Gasteiger partial charge in [0.1, 0.15) is 5.82 Å². The molecule has 90 valence electrons. The highest BCUT2D eigenvalue weighted by Gasteiger charge is 2.08. The van der Waals surface area contributed by atoms with Gasteiger partial charge < -0.3 is 10.1 Å². The molecule has 0 radical (unpaired) electrons. The Bertz CT molecular complexity index is 538. The van der Waals surface area contributed by atoms with Gasteiger partial charge in [-0.1, -0.05) is 0 Å². The summed E-state index contributed by atoms with van der Waals surface area (Å²) in [5, 5.41) is 2.79. The van der Waals surface area contributed by atoms with Crippen LogP contribution in [0, 0.1) is 0 Å². The van der Waals surface area contributed by atoms with Crippen molar-refractivity contribution in [1.29, 1.82) is 0 Å². The van der Waals surface area contributed by atoms with Crippen molar-refractivity contribution in [3.63, 3.8) is 0 Å². The van der Waals surface area contributed by atoms with Gasteiger partial charge in [-0.3, -0.25) is 9.20 Å². The number of nitrogens with zero attached hydrogens (tertiary/aromatic N) is 2. The number of ether oxygens (including phenoxy) is 1. The molecule has 0 fully saturated rings. The lowest BCUT2D eigenvalue weighted by Crippen LogP contribution is -2.14. The van der Waals surface area contributed by atoms with Crippen LogP contribution in [-0.2, 0) is 9.53 Å². The van der Waals surface area contributed by atoms with E-state index in [2.05, 4.69) is 26.2 Å². The number of carbonyl (C=O) groups excluding carboxylic acids is 1. The van der Waals surface area contributed by atoms with Gasteiger partial charge in [0.2, 0.25) is 5.91 Å². The minimum Gasteiger partial charge on any atom is -0.384 e. The molecule has 1 N–H and O–H groups in total. The average molecular weight is 298 g/mol. The van der Waals surface area contributed by atoms with Gasteiger partial charge in [0.05, 0.1) is 23.7 Å². The maximum Gasteiger partial charge on any atom is 0.227 e. The first kappa shape index (κ1) is 12.1. The Hall–Kier alpha value is -1.40. The summed E-state index contributed by atoms with van der Waals surface area (Å²) in [6.07, 6.45) is 3.81. The lowest BCUT2D eigenvalue weighted by molar-refractivity contribution is -0.117. The molecule has 17 heavy (non-hydrogen) atoms. The average Bonchev–Trinajstić information content (AvgIpc) is 2.71. The van der Waals surface area contributed by atoms with Crippen molar-refractivity contribution in [2.45, 2.75) is 6.42 Å². The first-order valence-corrected chi connectivity index (χ1v) is 5.92. The van der Waals surface area contributed by atoms with Crippen LogP contribution in [-0.4, -0.2) is 29.0 Å². The van der Waals surface area contributed by atoms with E-state index >= 15 is 0 Å². The highest BCUT2D eigenvalue weighted by Crippen LogP contribution is 2.19. The fourth-order valence-corrected chi connectivity index (χ4v) is 1.92. The number of methoxy groups -OCH3 is 1. The second-order valence-electron chi connectivity index (χ2n) is 3.48. The van der Waals surface area contributed by atoms with Crippen molar-refractivity contribution in [3.8, 4) is 0 Å². The molecule has 0 bridgehead atoms. The molecule has 0 aliphatic carbocycles. The number of pyridine rings is 1. The van der Waals surface area contributed by atoms with Crippen LogP contribution in [0.1, 0.15) is 6.42 Å². The second-order valence-corrected chi connectivity index (χ2v) is 4.34. The van der Waals surface area contributed by atoms with E-state index in [4.69, 9.17) is 4.74 Å². The van der Waals surface area contributed by atoms with Gasteiger partial charge in [-0.05, 0) is 28.1 Å². The summed E-state index contributed by atoms with van der Waals surface area (Å²) >= 11 is 3.40. The molecule has 2 rings (SSSR count). The van der Waals surface area contributed by atoms with E-state index < -0.39 is 0 Å². The first-order chi connectivity index (χ1) is 8.22. The summed E-state index contributed by atoms with van der Waals surface area (Å²) in [7, 11) is 1.57. The maximum atomic E-state index is 11.6. The summed E-state index contributed by atoms with van der Waals surface area (Å²) in [6, 6.07) is 3.78. The number of nitrogens with one attached hydrogen (secondary N) is 1. The molecule has 2 aromatic rings. The lowest BCUT2D eigenvalue weighted by Gasteiger charge is -2.04. The third-order valence-corrected chi connectivity index (χ3v) is 2.91. The number of rotatable bonds is 4. The predicted octanol–water partition coefficient (Wildman–Crippen LogP) is 2.07. The number of carbonyl (C=O) groups is 1. The number of halogens is 1. The standard InChI is InChI=1S/C11H12BrN3O2/c1-17-6-4-10(16)14-9-7-13-11-8(12)3-2-5-15(9)11/h2-3,5,7H,4,6H2,1H3,(H,14,16). The molecule has 5 nitrogen and oxygen atoms in total. The minimum absolute atomic E-state index is 0.0892. The number of anilines is 1. The van der Waals surface area contributed by atoms with E-state index in [0.29, 0.717) is 18.8 Å². The Morgan fingerprint density at radius 1 is 1.65 bits per heavy atom. The summed E-state index contributed by atoms with van der Waals surface area (Å²) in [5.74, 6) is 0.566. The van der Waals surface area contributed by atoms with Crippen LogP contribution in [0.5, 0.6) is 0 Å². The normalized spacial score (nSPS) is 10.7. The number of hydrogen-bond acceptors (Lipinski definition) is 3. The summed E-state index contributed by atoms with van der Waals surface area (Å²) in [6.45, 7) is 0.409. The Balaban J connectivity index is 2.19. The van der Waals surface area contributed by atoms with Gasteiger partial charge in [-0.25, -0.2) is 4.98 Å². The van der Waals surface area contributed by atoms with Gasteiger partial charge in [0, 0.05) is 13.3 Å². The van der Waals surface area contributed by atoms with Gasteiger partial charge in [0.25, 0.3) is 0 Å². The zero-order chi connectivity index (χ0) is 12.3. The van der Waals surface area contributed by atoms with Crippen molar-refractivity contribution in [2.75, 3.05) is 19.0 Å². The molecule has 0 aliphatic heterocycles. The van der Waals surface area contributed by atoms with E-state index in [1.54, 1.807) is 13.3 Å². The number of imidazole rings is 1. The first-order valence-electron chi connectivity index (χ1n) is 5.12. The van der Waals surface area contributed by atoms with Crippen molar-refractivity contribution in [1.82, 2.24) is 9.38 Å². The van der Waals surface area contributed by atoms with Gasteiger partial charge in [-0.15, -0.1) is 0 Å². The molecule has 6 heteroatoms. The quantitative estimate of drug-likeness (QED) is 0.940. The van der Waals surface area contributed by atoms with Crippen LogP contribution in [0.25, 0.3) is 5.65 Å². The van der Waals surface area contributed by atoms with Gasteiger partial charge in [0.15, 0.2) is 5.65 Å². The Morgan fingerprint density at radius 3 is 3.24 bits per heavy atom. The monoisotopic (exact) mass is 297 g/mol. The van der Waals surface area contributed by atoms with E-state index in [-0.39, 0.29) is 5.91 Å². The van der Waals surface area contributed by atoms with Crippen LogP contribution < -0.4 is 5.32 Å². The van der Waals surface area contributed by atoms with E-state index in [1.807, 2.05) is 22.7 Å². The smallest absolute Gasteiger partial charge is 0.227 e. The van der Waals surface area contributed by atoms with Crippen LogP contribution in [0.2, 0.25) is 0 Å². The van der Waals surface area contributed by atoms with E-state index in [0.717, 1.165) is 10.1 Å². The molecule has 2 heterocycles. The molecular weight excluding hydrogens is 286 g/mol. The predicted molar refractivity (Wildman–Crippen MR) is 68.0 cm³/mol. The molecule has 2 aromatic heterocycles. The fourth-order valence-electron chi connectivity index (χ4n) is 1.47. The maximum absolute atomic E-state index is 11.6.